The Balaban J connectivity index is 1.23. The minimum Gasteiger partial charge on any atom is -0.444 e. The third-order valence-corrected chi connectivity index (χ3v) is 6.14. The Morgan fingerprint density at radius 3 is 2.49 bits per heavy atom. The van der Waals surface area contributed by atoms with Crippen LogP contribution in [-0.2, 0) is 11.3 Å². The number of rotatable bonds is 3. The smallest absolute Gasteiger partial charge is 0.410 e. The maximum atomic E-state index is 12.4. The SMILES string of the molecule is CN1CCn2c(cc3cnc(Nc4ccc(N5CCN(C(=O)OC(C)(C)C)CC5)cn4)nc32)C1=O. The lowest BCUT2D eigenvalue weighted by Gasteiger charge is -2.36. The highest BCUT2D eigenvalue weighted by Gasteiger charge is 2.27. The Morgan fingerprint density at radius 2 is 1.80 bits per heavy atom. The van der Waals surface area contributed by atoms with Gasteiger partial charge in [0.25, 0.3) is 5.91 Å². The molecular weight excluding hydrogens is 448 g/mol. The van der Waals surface area contributed by atoms with E-state index >= 15 is 0 Å². The Hall–Kier alpha value is -3.89. The largest absolute Gasteiger partial charge is 0.444 e. The lowest BCUT2D eigenvalue weighted by molar-refractivity contribution is 0.0240. The van der Waals surface area contributed by atoms with Crippen LogP contribution in [0.5, 0.6) is 0 Å². The van der Waals surface area contributed by atoms with E-state index in [0.29, 0.717) is 56.7 Å². The van der Waals surface area contributed by atoms with Crippen LogP contribution < -0.4 is 10.2 Å². The fraction of sp³-hybridized carbons (Fsp3) is 0.458. The molecule has 0 aliphatic carbocycles. The molecule has 1 fully saturated rings. The van der Waals surface area contributed by atoms with Gasteiger partial charge in [0.15, 0.2) is 0 Å². The quantitative estimate of drug-likeness (QED) is 0.612. The molecule has 3 aromatic rings. The molecule has 3 aromatic heterocycles. The maximum absolute atomic E-state index is 12.4. The van der Waals surface area contributed by atoms with Crippen molar-refractivity contribution < 1.29 is 14.3 Å². The number of carbonyl (C=O) groups excluding carboxylic acids is 2. The van der Waals surface area contributed by atoms with E-state index in [4.69, 9.17) is 4.74 Å². The van der Waals surface area contributed by atoms with E-state index in [0.717, 1.165) is 16.7 Å². The summed E-state index contributed by atoms with van der Waals surface area (Å²) >= 11 is 0. The number of aromatic nitrogens is 4. The van der Waals surface area contributed by atoms with Gasteiger partial charge in [-0.05, 0) is 39.0 Å². The number of piperazine rings is 1. The maximum Gasteiger partial charge on any atom is 0.410 e. The molecule has 35 heavy (non-hydrogen) atoms. The number of hydrogen-bond acceptors (Lipinski definition) is 8. The van der Waals surface area contributed by atoms with E-state index in [2.05, 4.69) is 25.2 Å². The van der Waals surface area contributed by atoms with Gasteiger partial charge in [0.2, 0.25) is 5.95 Å². The highest BCUT2D eigenvalue weighted by Crippen LogP contribution is 2.24. The molecule has 1 saturated heterocycles. The highest BCUT2D eigenvalue weighted by atomic mass is 16.6. The molecule has 5 heterocycles. The molecule has 0 unspecified atom stereocenters. The van der Waals surface area contributed by atoms with Gasteiger partial charge in [-0.15, -0.1) is 0 Å². The zero-order chi connectivity index (χ0) is 24.7. The number of hydrogen-bond donors (Lipinski definition) is 1. The van der Waals surface area contributed by atoms with E-state index in [-0.39, 0.29) is 12.0 Å². The van der Waals surface area contributed by atoms with Gasteiger partial charge in [-0.25, -0.2) is 14.8 Å². The van der Waals surface area contributed by atoms with Gasteiger partial charge in [0.1, 0.15) is 22.8 Å². The molecule has 2 aliphatic rings. The average Bonchev–Trinajstić information content (AvgIpc) is 3.20. The molecule has 0 bridgehead atoms. The first kappa shape index (κ1) is 22.9. The topological polar surface area (TPSA) is 109 Å². The molecule has 0 spiro atoms. The van der Waals surface area contributed by atoms with E-state index in [1.165, 1.54) is 0 Å². The third-order valence-electron chi connectivity index (χ3n) is 6.14. The van der Waals surface area contributed by atoms with E-state index in [9.17, 15) is 9.59 Å². The van der Waals surface area contributed by atoms with Crippen LogP contribution in [0.15, 0.2) is 30.6 Å². The van der Waals surface area contributed by atoms with Crippen molar-refractivity contribution in [2.75, 3.05) is 50.0 Å². The zero-order valence-electron chi connectivity index (χ0n) is 20.5. The number of carbonyl (C=O) groups is 2. The fourth-order valence-electron chi connectivity index (χ4n) is 4.29. The minimum absolute atomic E-state index is 0.00653. The predicted molar refractivity (Wildman–Crippen MR) is 132 cm³/mol. The molecule has 5 rings (SSSR count). The molecule has 0 saturated carbocycles. The van der Waals surface area contributed by atoms with Crippen LogP contribution in [0.25, 0.3) is 11.0 Å². The molecule has 11 nitrogen and oxygen atoms in total. The zero-order valence-corrected chi connectivity index (χ0v) is 20.5. The van der Waals surface area contributed by atoms with Crippen molar-refractivity contribution in [2.24, 2.45) is 0 Å². The normalized spacial score (nSPS) is 16.5. The van der Waals surface area contributed by atoms with Gasteiger partial charge in [0.05, 0.1) is 11.9 Å². The lowest BCUT2D eigenvalue weighted by Crippen LogP contribution is -2.50. The van der Waals surface area contributed by atoms with Crippen LogP contribution in [0.1, 0.15) is 31.3 Å². The number of fused-ring (bicyclic) bond motifs is 3. The summed E-state index contributed by atoms with van der Waals surface area (Å²) in [5.74, 6) is 1.05. The van der Waals surface area contributed by atoms with Crippen LogP contribution in [0, 0.1) is 0 Å². The minimum atomic E-state index is -0.496. The summed E-state index contributed by atoms with van der Waals surface area (Å²) in [6.07, 6.45) is 3.26. The molecule has 0 atom stereocenters. The van der Waals surface area contributed by atoms with Crippen LogP contribution >= 0.6 is 0 Å². The standard InChI is InChI=1S/C24H30N8O3/c1-24(2,3)35-23(34)31-10-8-30(9-11-31)17-5-6-19(25-15-17)27-22-26-14-16-13-18-21(33)29(4)7-12-32(18)20(16)28-22/h5-6,13-15H,7-12H2,1-4H3,(H,25,26,27,28). The number of nitrogens with zero attached hydrogens (tertiary/aromatic N) is 7. The number of amides is 2. The molecule has 11 heteroatoms. The Labute approximate surface area is 203 Å². The molecule has 184 valence electrons. The van der Waals surface area contributed by atoms with Crippen molar-refractivity contribution in [1.29, 1.82) is 0 Å². The first-order valence-corrected chi connectivity index (χ1v) is 11.8. The van der Waals surface area contributed by atoms with Crippen molar-refractivity contribution in [2.45, 2.75) is 32.9 Å². The summed E-state index contributed by atoms with van der Waals surface area (Å²) in [6.45, 7) is 9.59. The van der Waals surface area contributed by atoms with Crippen LogP contribution in [-0.4, -0.2) is 86.7 Å². The fourth-order valence-corrected chi connectivity index (χ4v) is 4.29. The summed E-state index contributed by atoms with van der Waals surface area (Å²) in [7, 11) is 1.80. The van der Waals surface area contributed by atoms with Gasteiger partial charge in [0, 0.05) is 57.9 Å². The van der Waals surface area contributed by atoms with Crippen LogP contribution in [0.4, 0.5) is 22.2 Å². The average molecular weight is 479 g/mol. The van der Waals surface area contributed by atoms with Crippen LogP contribution in [0.2, 0.25) is 0 Å². The summed E-state index contributed by atoms with van der Waals surface area (Å²) in [6, 6.07) is 5.71. The summed E-state index contributed by atoms with van der Waals surface area (Å²) in [5.41, 5.74) is 1.86. The number of likely N-dealkylation sites (N-methyl/N-ethyl adjacent to an activating group) is 1. The second-order valence-corrected chi connectivity index (χ2v) is 9.86. The van der Waals surface area contributed by atoms with Crippen molar-refractivity contribution in [1.82, 2.24) is 29.3 Å². The summed E-state index contributed by atoms with van der Waals surface area (Å²) < 4.78 is 7.41. The number of anilines is 3. The van der Waals surface area contributed by atoms with Gasteiger partial charge < -0.3 is 29.3 Å². The molecule has 0 aromatic carbocycles. The van der Waals surface area contributed by atoms with Crippen molar-refractivity contribution in [3.05, 3.63) is 36.3 Å². The number of ether oxygens (including phenoxy) is 1. The Morgan fingerprint density at radius 1 is 1.03 bits per heavy atom. The first-order chi connectivity index (χ1) is 16.7. The Kier molecular flexibility index (Phi) is 5.70. The number of nitrogens with one attached hydrogen (secondary N) is 1. The monoisotopic (exact) mass is 478 g/mol. The van der Waals surface area contributed by atoms with E-state index in [1.54, 1.807) is 29.2 Å². The molecule has 2 aliphatic heterocycles. The van der Waals surface area contributed by atoms with Crippen LogP contribution in [0.3, 0.4) is 0 Å². The second kappa shape index (κ2) is 8.71. The molecular formula is C24H30N8O3. The molecule has 0 radical (unpaired) electrons. The van der Waals surface area contributed by atoms with E-state index < -0.39 is 5.60 Å². The summed E-state index contributed by atoms with van der Waals surface area (Å²) in [4.78, 5) is 43.9. The highest BCUT2D eigenvalue weighted by molar-refractivity contribution is 5.98. The van der Waals surface area contributed by atoms with Crippen molar-refractivity contribution >= 4 is 40.5 Å². The van der Waals surface area contributed by atoms with Gasteiger partial charge >= 0.3 is 6.09 Å². The molecule has 2 amide bonds. The lowest BCUT2D eigenvalue weighted by atomic mass is 10.2. The first-order valence-electron chi connectivity index (χ1n) is 11.8. The number of pyridine rings is 1. The van der Waals surface area contributed by atoms with Gasteiger partial charge in [-0.2, -0.15) is 4.98 Å². The predicted octanol–water partition coefficient (Wildman–Crippen LogP) is 2.71. The van der Waals surface area contributed by atoms with Gasteiger partial charge in [-0.3, -0.25) is 4.79 Å². The van der Waals surface area contributed by atoms with E-state index in [1.807, 2.05) is 43.5 Å². The van der Waals surface area contributed by atoms with Crippen molar-refractivity contribution in [3.63, 3.8) is 0 Å². The third kappa shape index (κ3) is 4.71. The molecule has 1 N–H and O–H groups in total. The van der Waals surface area contributed by atoms with Crippen molar-refractivity contribution in [3.8, 4) is 0 Å². The summed E-state index contributed by atoms with van der Waals surface area (Å²) in [5, 5.41) is 3.99. The van der Waals surface area contributed by atoms with Gasteiger partial charge in [-0.1, -0.05) is 0 Å². The second-order valence-electron chi connectivity index (χ2n) is 9.86. The Bertz CT molecular complexity index is 1260.